The van der Waals surface area contributed by atoms with Crippen LogP contribution >= 0.6 is 0 Å². The van der Waals surface area contributed by atoms with Crippen LogP contribution in [0.2, 0.25) is 0 Å². The molecule has 0 spiro atoms. The fraction of sp³-hybridized carbons (Fsp3) is 0. The molecule has 0 bridgehead atoms. The van der Waals surface area contributed by atoms with Crippen LogP contribution in [0.1, 0.15) is 0 Å². The zero-order valence-electron chi connectivity index (χ0n) is 10.2. The molecule has 0 amide bonds. The van der Waals surface area contributed by atoms with Gasteiger partial charge in [0.1, 0.15) is 0 Å². The lowest BCUT2D eigenvalue weighted by Gasteiger charge is -2.00. The van der Waals surface area contributed by atoms with Crippen LogP contribution in [0.3, 0.4) is 0 Å². The summed E-state index contributed by atoms with van der Waals surface area (Å²) in [5.41, 5.74) is 4.25. The van der Waals surface area contributed by atoms with Crippen molar-refractivity contribution < 1.29 is 0 Å². The van der Waals surface area contributed by atoms with E-state index in [0.717, 1.165) is 22.3 Å². The molecule has 19 heavy (non-hydrogen) atoms. The zero-order valence-corrected chi connectivity index (χ0v) is 10.2. The molecule has 2 nitrogen and oxygen atoms in total. The first-order valence-corrected chi connectivity index (χ1v) is 6.25. The molecule has 1 N–H and O–H groups in total. The van der Waals surface area contributed by atoms with Gasteiger partial charge in [0.15, 0.2) is 0 Å². The van der Waals surface area contributed by atoms with E-state index in [1.807, 2.05) is 36.5 Å². The monoisotopic (exact) mass is 243 g/mol. The van der Waals surface area contributed by atoms with Crippen LogP contribution in [-0.2, 0) is 0 Å². The molecule has 2 aromatic carbocycles. The number of aromatic nitrogens is 2. The zero-order chi connectivity index (χ0) is 12.7. The van der Waals surface area contributed by atoms with Crippen LogP contribution in [0, 0.1) is 6.07 Å². The fourth-order valence-electron chi connectivity index (χ4n) is 2.46. The van der Waals surface area contributed by atoms with Gasteiger partial charge in [-0.2, -0.15) is 0 Å². The molecule has 1 radical (unpaired) electrons. The molecule has 4 rings (SSSR count). The van der Waals surface area contributed by atoms with Gasteiger partial charge in [-0.1, -0.05) is 24.3 Å². The molecule has 0 unspecified atom stereocenters. The summed E-state index contributed by atoms with van der Waals surface area (Å²) in [6.07, 6.45) is 1.81. The highest BCUT2D eigenvalue weighted by Crippen LogP contribution is 2.28. The van der Waals surface area contributed by atoms with Crippen LogP contribution in [0.25, 0.3) is 33.1 Å². The Morgan fingerprint density at radius 1 is 0.895 bits per heavy atom. The van der Waals surface area contributed by atoms with E-state index < -0.39 is 0 Å². The number of hydrogen-bond donors (Lipinski definition) is 1. The normalized spacial score (nSPS) is 11.2. The number of aromatic amines is 1. The third-order valence-corrected chi connectivity index (χ3v) is 3.38. The highest BCUT2D eigenvalue weighted by Gasteiger charge is 2.06. The van der Waals surface area contributed by atoms with Crippen molar-refractivity contribution in [2.75, 3.05) is 0 Å². The van der Waals surface area contributed by atoms with Crippen molar-refractivity contribution in [2.24, 2.45) is 0 Å². The number of para-hydroxylation sites is 1. The van der Waals surface area contributed by atoms with Crippen LogP contribution in [0.5, 0.6) is 0 Å². The molecule has 0 aliphatic rings. The number of H-pyrrole nitrogens is 1. The Morgan fingerprint density at radius 2 is 1.79 bits per heavy atom. The average molecular weight is 243 g/mol. The highest BCUT2D eigenvalue weighted by atomic mass is 14.7. The van der Waals surface area contributed by atoms with E-state index in [4.69, 9.17) is 0 Å². The van der Waals surface area contributed by atoms with Crippen LogP contribution < -0.4 is 0 Å². The van der Waals surface area contributed by atoms with E-state index in [2.05, 4.69) is 40.3 Å². The maximum Gasteiger partial charge on any atom is 0.0708 e. The van der Waals surface area contributed by atoms with Crippen molar-refractivity contribution >= 4 is 21.8 Å². The fourth-order valence-corrected chi connectivity index (χ4v) is 2.46. The van der Waals surface area contributed by atoms with Gasteiger partial charge in [-0.05, 0) is 36.4 Å². The number of benzene rings is 2. The smallest absolute Gasteiger partial charge is 0.0708 e. The minimum atomic E-state index is 0.953. The highest BCUT2D eigenvalue weighted by molar-refractivity contribution is 6.08. The lowest BCUT2D eigenvalue weighted by Crippen LogP contribution is -1.81. The first-order chi connectivity index (χ1) is 9.42. The molecule has 0 atom stereocenters. The Labute approximate surface area is 110 Å². The van der Waals surface area contributed by atoms with E-state index in [0.29, 0.717) is 0 Å². The number of pyridine rings is 1. The van der Waals surface area contributed by atoms with Gasteiger partial charge in [0.05, 0.1) is 5.69 Å². The van der Waals surface area contributed by atoms with Crippen LogP contribution in [0.15, 0.2) is 60.8 Å². The lowest BCUT2D eigenvalue weighted by atomic mass is 10.1. The molecule has 0 aliphatic heterocycles. The second-order valence-electron chi connectivity index (χ2n) is 4.56. The summed E-state index contributed by atoms with van der Waals surface area (Å²) in [6.45, 7) is 0. The van der Waals surface area contributed by atoms with Gasteiger partial charge in [0.2, 0.25) is 0 Å². The Bertz CT molecular complexity index is 860. The van der Waals surface area contributed by atoms with Crippen molar-refractivity contribution in [3.8, 4) is 11.3 Å². The molecule has 0 saturated heterocycles. The van der Waals surface area contributed by atoms with Crippen molar-refractivity contribution in [2.45, 2.75) is 0 Å². The first kappa shape index (κ1) is 10.3. The van der Waals surface area contributed by atoms with E-state index in [1.54, 1.807) is 0 Å². The quantitative estimate of drug-likeness (QED) is 0.533. The van der Waals surface area contributed by atoms with Gasteiger partial charge in [-0.15, -0.1) is 0 Å². The number of nitrogens with zero attached hydrogens (tertiary/aromatic N) is 1. The SMILES string of the molecule is [c]1cc2[nH]c3ccccc3c2cc1-c1ccccn1. The van der Waals surface area contributed by atoms with Gasteiger partial charge in [-0.3, -0.25) is 4.98 Å². The van der Waals surface area contributed by atoms with Crippen molar-refractivity contribution in [1.82, 2.24) is 9.97 Å². The Kier molecular flexibility index (Phi) is 2.15. The van der Waals surface area contributed by atoms with Gasteiger partial charge < -0.3 is 4.98 Å². The molecular formula is C17H11N2. The van der Waals surface area contributed by atoms with Gasteiger partial charge >= 0.3 is 0 Å². The number of hydrogen-bond acceptors (Lipinski definition) is 1. The van der Waals surface area contributed by atoms with E-state index >= 15 is 0 Å². The average Bonchev–Trinajstić information content (AvgIpc) is 2.86. The molecule has 89 valence electrons. The Balaban J connectivity index is 2.03. The minimum absolute atomic E-state index is 0.953. The lowest BCUT2D eigenvalue weighted by molar-refractivity contribution is 1.33. The van der Waals surface area contributed by atoms with Crippen molar-refractivity contribution in [3.05, 3.63) is 66.9 Å². The largest absolute Gasteiger partial charge is 0.354 e. The molecule has 0 aliphatic carbocycles. The minimum Gasteiger partial charge on any atom is -0.354 e. The predicted octanol–water partition coefficient (Wildman–Crippen LogP) is 4.18. The van der Waals surface area contributed by atoms with E-state index in [9.17, 15) is 0 Å². The maximum atomic E-state index is 4.38. The van der Waals surface area contributed by atoms with E-state index in [1.165, 1.54) is 10.8 Å². The van der Waals surface area contributed by atoms with Gasteiger partial charge in [0, 0.05) is 33.6 Å². The summed E-state index contributed by atoms with van der Waals surface area (Å²) in [4.78, 5) is 7.78. The molecule has 2 heteroatoms. The molecular weight excluding hydrogens is 232 g/mol. The summed E-state index contributed by atoms with van der Waals surface area (Å²) in [5.74, 6) is 0. The number of nitrogens with one attached hydrogen (secondary N) is 1. The summed E-state index contributed by atoms with van der Waals surface area (Å²) in [6, 6.07) is 21.7. The topological polar surface area (TPSA) is 28.7 Å². The summed E-state index contributed by atoms with van der Waals surface area (Å²) >= 11 is 0. The standard InChI is InChI=1S/C17H11N2/c1-2-7-16-13(5-1)14-11-12(8-9-17(14)19-16)15-6-3-4-10-18-15/h1-7,9-11,19H. The van der Waals surface area contributed by atoms with Crippen molar-refractivity contribution in [3.63, 3.8) is 0 Å². The summed E-state index contributed by atoms with van der Waals surface area (Å²) in [7, 11) is 0. The summed E-state index contributed by atoms with van der Waals surface area (Å²) in [5, 5.41) is 2.46. The van der Waals surface area contributed by atoms with Gasteiger partial charge in [-0.25, -0.2) is 0 Å². The van der Waals surface area contributed by atoms with Crippen LogP contribution in [-0.4, -0.2) is 9.97 Å². The van der Waals surface area contributed by atoms with Crippen LogP contribution in [0.4, 0.5) is 0 Å². The maximum absolute atomic E-state index is 4.38. The third-order valence-electron chi connectivity index (χ3n) is 3.38. The molecule has 0 saturated carbocycles. The second-order valence-corrected chi connectivity index (χ2v) is 4.56. The Hall–Kier alpha value is -2.61. The number of fused-ring (bicyclic) bond motifs is 3. The molecule has 0 fully saturated rings. The predicted molar refractivity (Wildman–Crippen MR) is 77.9 cm³/mol. The second kappa shape index (κ2) is 3.95. The summed E-state index contributed by atoms with van der Waals surface area (Å²) < 4.78 is 0. The molecule has 2 aromatic heterocycles. The Morgan fingerprint density at radius 3 is 2.68 bits per heavy atom. The molecule has 2 heterocycles. The first-order valence-electron chi connectivity index (χ1n) is 6.25. The van der Waals surface area contributed by atoms with Crippen molar-refractivity contribution in [1.29, 1.82) is 0 Å². The van der Waals surface area contributed by atoms with E-state index in [-0.39, 0.29) is 0 Å². The third kappa shape index (κ3) is 1.61. The van der Waals surface area contributed by atoms with Gasteiger partial charge in [0.25, 0.3) is 0 Å². The molecule has 4 aromatic rings. The number of rotatable bonds is 1.